The number of aromatic nitrogens is 1. The largest absolute Gasteiger partial charge is 0.337 e. The molecule has 0 aromatic carbocycles. The monoisotopic (exact) mass is 189 g/mol. The van der Waals surface area contributed by atoms with Gasteiger partial charge < -0.3 is 0 Å². The molecule has 0 spiro atoms. The van der Waals surface area contributed by atoms with Gasteiger partial charge in [0.15, 0.2) is 0 Å². The zero-order valence-corrected chi connectivity index (χ0v) is 6.95. The smallest absolute Gasteiger partial charge is 0.283 e. The first-order chi connectivity index (χ1) is 5.52. The van der Waals surface area contributed by atoms with E-state index in [1.165, 1.54) is 6.07 Å². The van der Waals surface area contributed by atoms with E-state index in [9.17, 15) is 10.1 Å². The molecule has 0 bridgehead atoms. The van der Waals surface area contributed by atoms with Crippen molar-refractivity contribution in [3.05, 3.63) is 33.1 Å². The predicted molar refractivity (Wildman–Crippen MR) is 40.2 cm³/mol. The number of hydrogen-bond donors (Lipinski definition) is 1. The van der Waals surface area contributed by atoms with E-state index in [-0.39, 0.29) is 10.8 Å². The fraction of sp³-hybridized carbons (Fsp3) is 0.167. The summed E-state index contributed by atoms with van der Waals surface area (Å²) >= 11 is 5.54. The summed E-state index contributed by atoms with van der Waals surface area (Å²) in [6.07, 6.45) is 0.940. The van der Waals surface area contributed by atoms with E-state index >= 15 is 0 Å². The first-order valence-corrected chi connectivity index (χ1v) is 3.45. The third-order valence-corrected chi connectivity index (χ3v) is 1.83. The molecule has 0 radical (unpaired) electrons. The van der Waals surface area contributed by atoms with Crippen LogP contribution in [0.1, 0.15) is 5.56 Å². The molecule has 0 saturated heterocycles. The lowest BCUT2D eigenvalue weighted by Gasteiger charge is -1.92. The van der Waals surface area contributed by atoms with Crippen molar-refractivity contribution >= 4 is 17.3 Å². The molecule has 0 aliphatic heterocycles. The zero-order chi connectivity index (χ0) is 9.30. The van der Waals surface area contributed by atoms with Crippen LogP contribution in [0.3, 0.4) is 0 Å². The molecule has 5 nitrogen and oxygen atoms in total. The Balaban J connectivity index is 3.31. The quantitative estimate of drug-likeness (QED) is 0.236. The first-order valence-electron chi connectivity index (χ1n) is 3.08. The minimum Gasteiger partial charge on any atom is -0.283 e. The normalized spacial score (nSPS) is 9.83. The number of nitro groups is 1. The Morgan fingerprint density at radius 2 is 2.33 bits per heavy atom. The summed E-state index contributed by atoms with van der Waals surface area (Å²) in [6, 6.07) is 1.29. The summed E-state index contributed by atoms with van der Waals surface area (Å²) in [7, 11) is 0. The van der Waals surface area contributed by atoms with Gasteiger partial charge in [0, 0.05) is 16.4 Å². The van der Waals surface area contributed by atoms with E-state index in [1.54, 1.807) is 6.92 Å². The summed E-state index contributed by atoms with van der Waals surface area (Å²) in [6.45, 7) is 1.57. The Morgan fingerprint density at radius 3 is 2.75 bits per heavy atom. The molecule has 0 fully saturated rings. The highest BCUT2D eigenvalue weighted by molar-refractivity contribution is 6.29. The molecule has 1 aromatic heterocycles. The molecule has 0 saturated carbocycles. The Hall–Kier alpha value is -1.36. The Labute approximate surface area is 72.9 Å². The standard InChI is InChI=1S/C6H6ClN2O3/c1-4-2-5(9(11)12)3-8(10)6(4)7/h2-3,10H,1H3/q+1. The number of rotatable bonds is 1. The van der Waals surface area contributed by atoms with Crippen LogP contribution in [0.5, 0.6) is 0 Å². The third kappa shape index (κ3) is 1.45. The maximum atomic E-state index is 10.3. The summed E-state index contributed by atoms with van der Waals surface area (Å²) < 4.78 is 0.523. The molecule has 0 aliphatic carbocycles. The van der Waals surface area contributed by atoms with Gasteiger partial charge in [0.2, 0.25) is 0 Å². The molecule has 0 amide bonds. The molecule has 1 aromatic rings. The second-order valence-electron chi connectivity index (χ2n) is 2.27. The van der Waals surface area contributed by atoms with Crippen LogP contribution in [-0.2, 0) is 0 Å². The van der Waals surface area contributed by atoms with Crippen LogP contribution >= 0.6 is 11.6 Å². The van der Waals surface area contributed by atoms with E-state index in [0.29, 0.717) is 10.3 Å². The lowest BCUT2D eigenvalue weighted by Crippen LogP contribution is -2.31. The van der Waals surface area contributed by atoms with Gasteiger partial charge in [0.05, 0.1) is 4.92 Å². The molecular weight excluding hydrogens is 184 g/mol. The Bertz CT molecular complexity index is 317. The predicted octanol–water partition coefficient (Wildman–Crippen LogP) is 1.08. The average Bonchev–Trinajstić information content (AvgIpc) is 1.99. The zero-order valence-electron chi connectivity index (χ0n) is 6.19. The van der Waals surface area contributed by atoms with Crippen LogP contribution in [0.25, 0.3) is 0 Å². The van der Waals surface area contributed by atoms with Gasteiger partial charge in [-0.1, -0.05) is 0 Å². The third-order valence-electron chi connectivity index (χ3n) is 1.36. The van der Waals surface area contributed by atoms with Crippen molar-refractivity contribution in [2.75, 3.05) is 0 Å². The van der Waals surface area contributed by atoms with Gasteiger partial charge in [-0.05, 0) is 18.5 Å². The highest BCUT2D eigenvalue weighted by atomic mass is 35.5. The number of aryl methyl sites for hydroxylation is 1. The number of hydrogen-bond acceptors (Lipinski definition) is 3. The van der Waals surface area contributed by atoms with Crippen LogP contribution in [-0.4, -0.2) is 10.1 Å². The summed E-state index contributed by atoms with van der Waals surface area (Å²) in [5.74, 6) is 0. The van der Waals surface area contributed by atoms with Gasteiger partial charge in [0.1, 0.15) is 0 Å². The van der Waals surface area contributed by atoms with Crippen molar-refractivity contribution in [1.29, 1.82) is 0 Å². The molecule has 12 heavy (non-hydrogen) atoms. The highest BCUT2D eigenvalue weighted by Crippen LogP contribution is 2.15. The number of pyridine rings is 1. The fourth-order valence-electron chi connectivity index (χ4n) is 0.781. The van der Waals surface area contributed by atoms with E-state index in [1.807, 2.05) is 0 Å². The van der Waals surface area contributed by atoms with Crippen LogP contribution < -0.4 is 4.73 Å². The van der Waals surface area contributed by atoms with Crippen LogP contribution in [0.2, 0.25) is 5.15 Å². The van der Waals surface area contributed by atoms with Crippen molar-refractivity contribution in [3.8, 4) is 0 Å². The minimum atomic E-state index is -0.601. The maximum absolute atomic E-state index is 10.3. The van der Waals surface area contributed by atoms with Crippen molar-refractivity contribution in [2.45, 2.75) is 6.92 Å². The van der Waals surface area contributed by atoms with Gasteiger partial charge in [-0.25, -0.2) is 0 Å². The van der Waals surface area contributed by atoms with Crippen molar-refractivity contribution in [1.82, 2.24) is 0 Å². The van der Waals surface area contributed by atoms with E-state index in [0.717, 1.165) is 6.20 Å². The van der Waals surface area contributed by atoms with Crippen LogP contribution in [0.15, 0.2) is 12.3 Å². The number of halogens is 1. The highest BCUT2D eigenvalue weighted by Gasteiger charge is 2.19. The fourth-order valence-corrected chi connectivity index (χ4v) is 0.884. The molecule has 1 rings (SSSR count). The molecule has 1 heterocycles. The number of nitrogens with zero attached hydrogens (tertiary/aromatic N) is 2. The summed E-state index contributed by atoms with van der Waals surface area (Å²) in [5, 5.41) is 19.3. The van der Waals surface area contributed by atoms with Gasteiger partial charge in [-0.15, -0.1) is 0 Å². The lowest BCUT2D eigenvalue weighted by atomic mass is 10.3. The summed E-state index contributed by atoms with van der Waals surface area (Å²) in [4.78, 5) is 9.65. The first kappa shape index (κ1) is 8.73. The van der Waals surface area contributed by atoms with Gasteiger partial charge in [-0.3, -0.25) is 15.3 Å². The van der Waals surface area contributed by atoms with Crippen molar-refractivity contribution < 1.29 is 14.9 Å². The average molecular weight is 190 g/mol. The van der Waals surface area contributed by atoms with Gasteiger partial charge >= 0.3 is 17.0 Å². The second kappa shape index (κ2) is 2.94. The Morgan fingerprint density at radius 1 is 1.75 bits per heavy atom. The molecular formula is C6H6ClN2O3+. The van der Waals surface area contributed by atoms with Crippen molar-refractivity contribution in [3.63, 3.8) is 0 Å². The maximum Gasteiger partial charge on any atom is 0.337 e. The molecule has 6 heteroatoms. The van der Waals surface area contributed by atoms with E-state index in [4.69, 9.17) is 16.8 Å². The Kier molecular flexibility index (Phi) is 2.14. The SMILES string of the molecule is Cc1cc([N+](=O)[O-])c[n+](O)c1Cl. The lowest BCUT2D eigenvalue weighted by molar-refractivity contribution is -0.903. The van der Waals surface area contributed by atoms with Gasteiger partial charge in [-0.2, -0.15) is 0 Å². The molecule has 0 unspecified atom stereocenters. The minimum absolute atomic E-state index is 0.0700. The molecule has 0 atom stereocenters. The van der Waals surface area contributed by atoms with E-state index < -0.39 is 4.92 Å². The second-order valence-corrected chi connectivity index (χ2v) is 2.63. The topological polar surface area (TPSA) is 67.2 Å². The molecule has 64 valence electrons. The summed E-state index contributed by atoms with van der Waals surface area (Å²) in [5.41, 5.74) is 0.257. The van der Waals surface area contributed by atoms with Crippen molar-refractivity contribution in [2.24, 2.45) is 0 Å². The molecule has 0 aliphatic rings. The van der Waals surface area contributed by atoms with Gasteiger partial charge in [0.25, 0.3) is 0 Å². The van der Waals surface area contributed by atoms with E-state index in [2.05, 4.69) is 0 Å². The van der Waals surface area contributed by atoms with Crippen LogP contribution in [0.4, 0.5) is 5.69 Å². The van der Waals surface area contributed by atoms with Crippen LogP contribution in [0, 0.1) is 17.0 Å². The molecule has 1 N–H and O–H groups in total.